The summed E-state index contributed by atoms with van der Waals surface area (Å²) in [6, 6.07) is 14.4. The summed E-state index contributed by atoms with van der Waals surface area (Å²) in [6.07, 6.45) is 3.73. The first-order valence-electron chi connectivity index (χ1n) is 10.2. The van der Waals surface area contributed by atoms with Crippen LogP contribution in [0.3, 0.4) is 0 Å². The number of hydrogen-bond acceptors (Lipinski definition) is 3. The van der Waals surface area contributed by atoms with E-state index in [-0.39, 0.29) is 29.3 Å². The molecule has 1 fully saturated rings. The second-order valence-corrected chi connectivity index (χ2v) is 7.82. The number of halogens is 1. The van der Waals surface area contributed by atoms with E-state index in [1.807, 2.05) is 40.7 Å². The summed E-state index contributed by atoms with van der Waals surface area (Å²) in [5.74, 6) is 0.152. The molecule has 0 N–H and O–H groups in total. The zero-order valence-electron chi connectivity index (χ0n) is 16.6. The summed E-state index contributed by atoms with van der Waals surface area (Å²) in [7, 11) is 0. The molecule has 2 heterocycles. The fourth-order valence-electron chi connectivity index (χ4n) is 4.01. The van der Waals surface area contributed by atoms with Crippen molar-refractivity contribution in [3.05, 3.63) is 60.7 Å². The van der Waals surface area contributed by atoms with Gasteiger partial charge in [-0.15, -0.1) is 0 Å². The second kappa shape index (κ2) is 8.64. The van der Waals surface area contributed by atoms with Crippen molar-refractivity contribution in [3.63, 3.8) is 0 Å². The lowest BCUT2D eigenvalue weighted by Gasteiger charge is -2.34. The SMILES string of the molecule is CC(Cn1cnc2ccccc21)C(=O)N1CCCC(COc2ccccc2F)C1. The number of piperidine rings is 1. The van der Waals surface area contributed by atoms with Crippen molar-refractivity contribution >= 4 is 16.9 Å². The van der Waals surface area contributed by atoms with Crippen molar-refractivity contribution in [2.45, 2.75) is 26.3 Å². The Balaban J connectivity index is 1.35. The molecule has 2 unspecified atom stereocenters. The molecule has 1 aromatic heterocycles. The van der Waals surface area contributed by atoms with Gasteiger partial charge in [0.2, 0.25) is 5.91 Å². The third kappa shape index (κ3) is 4.42. The van der Waals surface area contributed by atoms with Crippen LogP contribution in [0, 0.1) is 17.7 Å². The average molecular weight is 395 g/mol. The number of rotatable bonds is 6. The number of likely N-dealkylation sites (tertiary alicyclic amines) is 1. The minimum absolute atomic E-state index is 0.140. The fraction of sp³-hybridized carbons (Fsp3) is 0.391. The number of amides is 1. The number of carbonyl (C=O) groups excluding carboxylic acids is 1. The van der Waals surface area contributed by atoms with Crippen LogP contribution in [0.25, 0.3) is 11.0 Å². The first-order valence-corrected chi connectivity index (χ1v) is 10.2. The number of ether oxygens (including phenoxy) is 1. The molecule has 1 amide bonds. The summed E-state index contributed by atoms with van der Waals surface area (Å²) in [6.45, 7) is 4.42. The van der Waals surface area contributed by atoms with Crippen molar-refractivity contribution < 1.29 is 13.9 Å². The Hall–Kier alpha value is -2.89. The van der Waals surface area contributed by atoms with E-state index >= 15 is 0 Å². The van der Waals surface area contributed by atoms with Gasteiger partial charge in [0.25, 0.3) is 0 Å². The zero-order valence-corrected chi connectivity index (χ0v) is 16.6. The molecule has 6 heteroatoms. The second-order valence-electron chi connectivity index (χ2n) is 7.82. The molecule has 0 radical (unpaired) electrons. The quantitative estimate of drug-likeness (QED) is 0.631. The van der Waals surface area contributed by atoms with Crippen LogP contribution in [0.15, 0.2) is 54.9 Å². The van der Waals surface area contributed by atoms with E-state index in [0.29, 0.717) is 19.7 Å². The smallest absolute Gasteiger partial charge is 0.227 e. The maximum atomic E-state index is 13.7. The summed E-state index contributed by atoms with van der Waals surface area (Å²) in [4.78, 5) is 19.4. The molecule has 3 aromatic rings. The number of carbonyl (C=O) groups is 1. The Morgan fingerprint density at radius 3 is 2.90 bits per heavy atom. The van der Waals surface area contributed by atoms with Crippen LogP contribution in [0.2, 0.25) is 0 Å². The van der Waals surface area contributed by atoms with Crippen molar-refractivity contribution in [1.29, 1.82) is 0 Å². The first kappa shape index (κ1) is 19.4. The van der Waals surface area contributed by atoms with E-state index in [4.69, 9.17) is 4.74 Å². The minimum Gasteiger partial charge on any atom is -0.490 e. The van der Waals surface area contributed by atoms with E-state index in [0.717, 1.165) is 30.4 Å². The van der Waals surface area contributed by atoms with Crippen LogP contribution in [-0.4, -0.2) is 40.1 Å². The van der Waals surface area contributed by atoms with Gasteiger partial charge >= 0.3 is 0 Å². The topological polar surface area (TPSA) is 47.4 Å². The molecule has 1 aliphatic rings. The first-order chi connectivity index (χ1) is 14.1. The number of aromatic nitrogens is 2. The molecule has 29 heavy (non-hydrogen) atoms. The van der Waals surface area contributed by atoms with Crippen molar-refractivity contribution in [2.24, 2.45) is 11.8 Å². The van der Waals surface area contributed by atoms with Gasteiger partial charge in [-0.25, -0.2) is 9.37 Å². The summed E-state index contributed by atoms with van der Waals surface area (Å²) in [5, 5.41) is 0. The number of imidazole rings is 1. The van der Waals surface area contributed by atoms with Gasteiger partial charge in [0, 0.05) is 25.6 Å². The summed E-state index contributed by atoms with van der Waals surface area (Å²) < 4.78 is 21.5. The third-order valence-electron chi connectivity index (χ3n) is 5.56. The van der Waals surface area contributed by atoms with Crippen LogP contribution >= 0.6 is 0 Å². The van der Waals surface area contributed by atoms with Crippen LogP contribution < -0.4 is 4.74 Å². The molecule has 2 atom stereocenters. The predicted octanol–water partition coefficient (Wildman–Crippen LogP) is 4.13. The molecule has 4 rings (SSSR count). The monoisotopic (exact) mass is 395 g/mol. The molecular weight excluding hydrogens is 369 g/mol. The maximum absolute atomic E-state index is 13.7. The van der Waals surface area contributed by atoms with Crippen molar-refractivity contribution in [1.82, 2.24) is 14.5 Å². The van der Waals surface area contributed by atoms with Crippen molar-refractivity contribution in [3.8, 4) is 5.75 Å². The Morgan fingerprint density at radius 2 is 2.03 bits per heavy atom. The van der Waals surface area contributed by atoms with Crippen LogP contribution in [0.4, 0.5) is 4.39 Å². The van der Waals surface area contributed by atoms with Crippen LogP contribution in [-0.2, 0) is 11.3 Å². The molecule has 152 valence electrons. The number of fused-ring (bicyclic) bond motifs is 1. The highest BCUT2D eigenvalue weighted by Crippen LogP contribution is 2.22. The lowest BCUT2D eigenvalue weighted by Crippen LogP contribution is -2.44. The van der Waals surface area contributed by atoms with Crippen molar-refractivity contribution in [2.75, 3.05) is 19.7 Å². The van der Waals surface area contributed by atoms with Gasteiger partial charge in [-0.3, -0.25) is 4.79 Å². The van der Waals surface area contributed by atoms with E-state index in [1.54, 1.807) is 24.5 Å². The number of hydrogen-bond donors (Lipinski definition) is 0. The number of benzene rings is 2. The molecule has 1 saturated heterocycles. The van der Waals surface area contributed by atoms with Crippen LogP contribution in [0.1, 0.15) is 19.8 Å². The molecule has 0 spiro atoms. The summed E-state index contributed by atoms with van der Waals surface area (Å²) >= 11 is 0. The number of para-hydroxylation sites is 3. The molecule has 5 nitrogen and oxygen atoms in total. The molecule has 0 saturated carbocycles. The lowest BCUT2D eigenvalue weighted by molar-refractivity contribution is -0.137. The third-order valence-corrected chi connectivity index (χ3v) is 5.56. The van der Waals surface area contributed by atoms with E-state index < -0.39 is 0 Å². The fourth-order valence-corrected chi connectivity index (χ4v) is 4.01. The highest BCUT2D eigenvalue weighted by atomic mass is 19.1. The molecule has 0 aliphatic carbocycles. The maximum Gasteiger partial charge on any atom is 0.227 e. The highest BCUT2D eigenvalue weighted by molar-refractivity contribution is 5.79. The Kier molecular flexibility index (Phi) is 5.79. The Bertz CT molecular complexity index is 987. The van der Waals surface area contributed by atoms with Gasteiger partial charge < -0.3 is 14.2 Å². The lowest BCUT2D eigenvalue weighted by atomic mass is 9.97. The minimum atomic E-state index is -0.350. The van der Waals surface area contributed by atoms with E-state index in [2.05, 4.69) is 4.98 Å². The van der Waals surface area contributed by atoms with Gasteiger partial charge in [0.15, 0.2) is 11.6 Å². The molecule has 0 bridgehead atoms. The largest absolute Gasteiger partial charge is 0.490 e. The summed E-state index contributed by atoms with van der Waals surface area (Å²) in [5.41, 5.74) is 1.98. The van der Waals surface area contributed by atoms with Gasteiger partial charge in [-0.1, -0.05) is 31.2 Å². The Morgan fingerprint density at radius 1 is 1.24 bits per heavy atom. The van der Waals surface area contributed by atoms with Gasteiger partial charge in [0.05, 0.1) is 29.9 Å². The van der Waals surface area contributed by atoms with E-state index in [1.165, 1.54) is 6.07 Å². The van der Waals surface area contributed by atoms with Crippen LogP contribution in [0.5, 0.6) is 5.75 Å². The zero-order chi connectivity index (χ0) is 20.2. The normalized spacial score (nSPS) is 18.0. The van der Waals surface area contributed by atoms with Gasteiger partial charge in [0.1, 0.15) is 0 Å². The standard InChI is InChI=1S/C23H26FN3O2/c1-17(13-27-16-25-20-9-3-4-10-21(20)27)23(28)26-12-6-7-18(14-26)15-29-22-11-5-2-8-19(22)24/h2-5,8-11,16-18H,6-7,12-15H2,1H3. The predicted molar refractivity (Wildman–Crippen MR) is 110 cm³/mol. The molecule has 1 aliphatic heterocycles. The highest BCUT2D eigenvalue weighted by Gasteiger charge is 2.27. The number of nitrogens with zero attached hydrogens (tertiary/aromatic N) is 3. The molecule has 2 aromatic carbocycles. The van der Waals surface area contributed by atoms with Gasteiger partial charge in [-0.05, 0) is 37.1 Å². The van der Waals surface area contributed by atoms with E-state index in [9.17, 15) is 9.18 Å². The molecular formula is C23H26FN3O2. The van der Waals surface area contributed by atoms with Gasteiger partial charge in [-0.2, -0.15) is 0 Å². The Labute approximate surface area is 170 Å². The average Bonchev–Trinajstić information content (AvgIpc) is 3.16.